The zero-order valence-corrected chi connectivity index (χ0v) is 11.3. The van der Waals surface area contributed by atoms with Gasteiger partial charge in [0, 0.05) is 51.8 Å². The molecule has 2 aromatic rings. The quantitative estimate of drug-likeness (QED) is 0.799. The van der Waals surface area contributed by atoms with Gasteiger partial charge in [0.05, 0.1) is 11.9 Å². The Morgan fingerprint density at radius 3 is 2.16 bits per heavy atom. The van der Waals surface area contributed by atoms with Crippen molar-refractivity contribution in [1.82, 2.24) is 19.7 Å². The van der Waals surface area contributed by atoms with E-state index in [1.54, 1.807) is 0 Å². The zero-order valence-electron chi connectivity index (χ0n) is 11.3. The minimum Gasteiger partial charge on any atom is -0.365 e. The van der Waals surface area contributed by atoms with Crippen molar-refractivity contribution in [1.29, 1.82) is 0 Å². The molecule has 6 nitrogen and oxygen atoms in total. The van der Waals surface area contributed by atoms with Crippen LogP contribution in [0, 0.1) is 6.92 Å². The lowest BCUT2D eigenvalue weighted by Gasteiger charge is -2.35. The summed E-state index contributed by atoms with van der Waals surface area (Å²) < 4.78 is 1.84. The summed E-state index contributed by atoms with van der Waals surface area (Å²) >= 11 is 0. The Kier molecular flexibility index (Phi) is 3.06. The molecule has 0 unspecified atom stereocenters. The van der Waals surface area contributed by atoms with Gasteiger partial charge in [-0.25, -0.2) is 9.97 Å². The van der Waals surface area contributed by atoms with Gasteiger partial charge in [0.2, 0.25) is 5.95 Å². The fourth-order valence-corrected chi connectivity index (χ4v) is 2.29. The molecule has 19 heavy (non-hydrogen) atoms. The SMILES string of the molecule is Cc1cnc(N2CCN(c3cnn(C)c3)CC2)nc1. The van der Waals surface area contributed by atoms with Crippen LogP contribution in [0.15, 0.2) is 24.8 Å². The van der Waals surface area contributed by atoms with Gasteiger partial charge >= 0.3 is 0 Å². The monoisotopic (exact) mass is 258 g/mol. The van der Waals surface area contributed by atoms with E-state index in [1.807, 2.05) is 37.2 Å². The van der Waals surface area contributed by atoms with Crippen LogP contribution < -0.4 is 9.80 Å². The third-order valence-electron chi connectivity index (χ3n) is 3.39. The Hall–Kier alpha value is -2.11. The van der Waals surface area contributed by atoms with Crippen LogP contribution in [0.25, 0.3) is 0 Å². The fourth-order valence-electron chi connectivity index (χ4n) is 2.29. The van der Waals surface area contributed by atoms with Gasteiger partial charge in [0.15, 0.2) is 0 Å². The number of anilines is 2. The van der Waals surface area contributed by atoms with Crippen LogP contribution in [-0.2, 0) is 7.05 Å². The lowest BCUT2D eigenvalue weighted by atomic mass is 10.3. The molecule has 1 aliphatic rings. The Morgan fingerprint density at radius 2 is 1.58 bits per heavy atom. The van der Waals surface area contributed by atoms with Gasteiger partial charge in [-0.15, -0.1) is 0 Å². The molecule has 0 aromatic carbocycles. The number of hydrogen-bond acceptors (Lipinski definition) is 5. The van der Waals surface area contributed by atoms with Crippen LogP contribution in [0.3, 0.4) is 0 Å². The van der Waals surface area contributed by atoms with Crippen molar-refractivity contribution in [3.8, 4) is 0 Å². The molecule has 1 aliphatic heterocycles. The van der Waals surface area contributed by atoms with Crippen molar-refractivity contribution in [2.24, 2.45) is 7.05 Å². The Labute approximate surface area is 112 Å². The van der Waals surface area contributed by atoms with E-state index >= 15 is 0 Å². The van der Waals surface area contributed by atoms with Gasteiger partial charge in [-0.3, -0.25) is 4.68 Å². The number of rotatable bonds is 2. The van der Waals surface area contributed by atoms with Gasteiger partial charge in [-0.2, -0.15) is 5.10 Å². The molecule has 0 aliphatic carbocycles. The Balaban J connectivity index is 1.64. The molecular weight excluding hydrogens is 240 g/mol. The molecule has 1 fully saturated rings. The van der Waals surface area contributed by atoms with E-state index in [1.165, 1.54) is 5.69 Å². The maximum atomic E-state index is 4.38. The highest BCUT2D eigenvalue weighted by atomic mass is 15.3. The van der Waals surface area contributed by atoms with Crippen LogP contribution in [0.5, 0.6) is 0 Å². The maximum Gasteiger partial charge on any atom is 0.225 e. The molecular formula is C13H18N6. The fraction of sp³-hybridized carbons (Fsp3) is 0.462. The predicted molar refractivity (Wildman–Crippen MR) is 74.4 cm³/mol. The molecule has 0 spiro atoms. The smallest absolute Gasteiger partial charge is 0.225 e. The molecule has 0 amide bonds. The normalized spacial score (nSPS) is 15.9. The number of aromatic nitrogens is 4. The van der Waals surface area contributed by atoms with Crippen molar-refractivity contribution in [2.75, 3.05) is 36.0 Å². The highest BCUT2D eigenvalue weighted by Gasteiger charge is 2.19. The first-order valence-electron chi connectivity index (χ1n) is 6.49. The van der Waals surface area contributed by atoms with Crippen LogP contribution in [-0.4, -0.2) is 45.9 Å². The van der Waals surface area contributed by atoms with E-state index in [2.05, 4.69) is 31.1 Å². The summed E-state index contributed by atoms with van der Waals surface area (Å²) in [5, 5.41) is 4.22. The second kappa shape index (κ2) is 4.87. The number of nitrogens with zero attached hydrogens (tertiary/aromatic N) is 6. The molecule has 2 aromatic heterocycles. The average molecular weight is 258 g/mol. The third kappa shape index (κ3) is 2.52. The van der Waals surface area contributed by atoms with Crippen molar-refractivity contribution in [3.63, 3.8) is 0 Å². The van der Waals surface area contributed by atoms with Gasteiger partial charge in [0.1, 0.15) is 0 Å². The molecule has 0 atom stereocenters. The Bertz CT molecular complexity index is 539. The van der Waals surface area contributed by atoms with Crippen molar-refractivity contribution in [3.05, 3.63) is 30.4 Å². The highest BCUT2D eigenvalue weighted by Crippen LogP contribution is 2.17. The molecule has 3 heterocycles. The molecule has 0 radical (unpaired) electrons. The van der Waals surface area contributed by atoms with Crippen molar-refractivity contribution >= 4 is 11.6 Å². The van der Waals surface area contributed by atoms with Crippen LogP contribution >= 0.6 is 0 Å². The average Bonchev–Trinajstić information content (AvgIpc) is 2.87. The van der Waals surface area contributed by atoms with Crippen LogP contribution in [0.2, 0.25) is 0 Å². The molecule has 3 rings (SSSR count). The lowest BCUT2D eigenvalue weighted by molar-refractivity contribution is 0.639. The summed E-state index contributed by atoms with van der Waals surface area (Å²) in [6, 6.07) is 0. The summed E-state index contributed by atoms with van der Waals surface area (Å²) in [6.07, 6.45) is 7.71. The van der Waals surface area contributed by atoms with Gasteiger partial charge in [0.25, 0.3) is 0 Å². The molecule has 0 bridgehead atoms. The summed E-state index contributed by atoms with van der Waals surface area (Å²) in [4.78, 5) is 13.3. The van der Waals surface area contributed by atoms with Gasteiger partial charge in [-0.05, 0) is 12.5 Å². The standard InChI is InChI=1S/C13H18N6/c1-11-7-14-13(15-8-11)19-5-3-18(4-6-19)12-9-16-17(2)10-12/h7-10H,3-6H2,1-2H3. The molecule has 0 N–H and O–H groups in total. The zero-order chi connectivity index (χ0) is 13.2. The third-order valence-corrected chi connectivity index (χ3v) is 3.39. The Morgan fingerprint density at radius 1 is 0.947 bits per heavy atom. The summed E-state index contributed by atoms with van der Waals surface area (Å²) in [7, 11) is 1.94. The first-order chi connectivity index (χ1) is 9.22. The summed E-state index contributed by atoms with van der Waals surface area (Å²) in [5.74, 6) is 0.830. The number of piperazine rings is 1. The van der Waals surface area contributed by atoms with E-state index in [-0.39, 0.29) is 0 Å². The topological polar surface area (TPSA) is 50.1 Å². The van der Waals surface area contributed by atoms with Gasteiger partial charge < -0.3 is 9.80 Å². The van der Waals surface area contributed by atoms with Crippen molar-refractivity contribution in [2.45, 2.75) is 6.92 Å². The number of hydrogen-bond donors (Lipinski definition) is 0. The van der Waals surface area contributed by atoms with E-state index in [9.17, 15) is 0 Å². The van der Waals surface area contributed by atoms with E-state index in [4.69, 9.17) is 0 Å². The molecule has 100 valence electrons. The molecule has 6 heteroatoms. The maximum absolute atomic E-state index is 4.38. The molecule has 1 saturated heterocycles. The first kappa shape index (κ1) is 12.0. The predicted octanol–water partition coefficient (Wildman–Crippen LogP) is 0.845. The van der Waals surface area contributed by atoms with Crippen molar-refractivity contribution < 1.29 is 0 Å². The summed E-state index contributed by atoms with van der Waals surface area (Å²) in [6.45, 7) is 5.84. The second-order valence-electron chi connectivity index (χ2n) is 4.91. The van der Waals surface area contributed by atoms with E-state index < -0.39 is 0 Å². The van der Waals surface area contributed by atoms with Crippen LogP contribution in [0.4, 0.5) is 11.6 Å². The van der Waals surface area contributed by atoms with E-state index in [0.717, 1.165) is 37.7 Å². The van der Waals surface area contributed by atoms with Crippen LogP contribution in [0.1, 0.15) is 5.56 Å². The highest BCUT2D eigenvalue weighted by molar-refractivity contribution is 5.45. The van der Waals surface area contributed by atoms with Gasteiger partial charge in [-0.1, -0.05) is 0 Å². The largest absolute Gasteiger partial charge is 0.365 e. The summed E-state index contributed by atoms with van der Waals surface area (Å²) in [5.41, 5.74) is 2.28. The van der Waals surface area contributed by atoms with E-state index in [0.29, 0.717) is 0 Å². The second-order valence-corrected chi connectivity index (χ2v) is 4.91. The molecule has 0 saturated carbocycles. The minimum atomic E-state index is 0.830. The first-order valence-corrected chi connectivity index (χ1v) is 6.49. The number of aryl methyl sites for hydroxylation is 2. The lowest BCUT2D eigenvalue weighted by Crippen LogP contribution is -2.47. The minimum absolute atomic E-state index is 0.830.